The number of rotatable bonds is 2. The zero-order valence-electron chi connectivity index (χ0n) is 13.6. The number of aromatic amines is 1. The highest BCUT2D eigenvalue weighted by molar-refractivity contribution is 5.65. The number of nitrogens with zero attached hydrogens (tertiary/aromatic N) is 1. The number of aryl methyl sites for hydroxylation is 1. The van der Waals surface area contributed by atoms with Crippen molar-refractivity contribution in [3.8, 4) is 17.3 Å². The summed E-state index contributed by atoms with van der Waals surface area (Å²) in [6.07, 6.45) is 7.28. The van der Waals surface area contributed by atoms with Gasteiger partial charge < -0.3 is 4.98 Å². The number of aromatic nitrogens is 1. The summed E-state index contributed by atoms with van der Waals surface area (Å²) >= 11 is 0. The van der Waals surface area contributed by atoms with Crippen LogP contribution in [0.25, 0.3) is 11.3 Å². The van der Waals surface area contributed by atoms with Crippen LogP contribution in [0.15, 0.2) is 35.1 Å². The van der Waals surface area contributed by atoms with Crippen molar-refractivity contribution in [3.63, 3.8) is 0 Å². The summed E-state index contributed by atoms with van der Waals surface area (Å²) in [4.78, 5) is 15.1. The van der Waals surface area contributed by atoms with Gasteiger partial charge in [-0.1, -0.05) is 55.5 Å². The Balaban J connectivity index is 2.13. The number of nitrogens with one attached hydrogen (secondary N) is 1. The minimum Gasteiger partial charge on any atom is -0.321 e. The molecule has 1 N–H and O–H groups in total. The lowest BCUT2D eigenvalue weighted by molar-refractivity contribution is 0.591. The maximum atomic E-state index is 12.1. The SMILES string of the molecule is Cc1ccc(-c2[nH]c(=O)c(C#N)cc2C2CCCCCC2)cc1. The highest BCUT2D eigenvalue weighted by Crippen LogP contribution is 2.36. The Bertz CT molecular complexity index is 773. The second-order valence-electron chi connectivity index (χ2n) is 6.51. The van der Waals surface area contributed by atoms with Gasteiger partial charge in [0.05, 0.1) is 5.69 Å². The van der Waals surface area contributed by atoms with Crippen molar-refractivity contribution in [2.24, 2.45) is 0 Å². The van der Waals surface area contributed by atoms with Crippen LogP contribution in [-0.2, 0) is 0 Å². The molecule has 0 radical (unpaired) electrons. The number of H-pyrrole nitrogens is 1. The second-order valence-corrected chi connectivity index (χ2v) is 6.51. The van der Waals surface area contributed by atoms with Crippen LogP contribution < -0.4 is 5.56 Å². The number of hydrogen-bond acceptors (Lipinski definition) is 2. The molecule has 23 heavy (non-hydrogen) atoms. The van der Waals surface area contributed by atoms with Crippen molar-refractivity contribution >= 4 is 0 Å². The molecule has 3 heteroatoms. The van der Waals surface area contributed by atoms with E-state index >= 15 is 0 Å². The van der Waals surface area contributed by atoms with Crippen LogP contribution in [0, 0.1) is 18.3 Å². The van der Waals surface area contributed by atoms with E-state index < -0.39 is 0 Å². The minimum absolute atomic E-state index is 0.222. The molecule has 1 aromatic carbocycles. The molecule has 0 atom stereocenters. The van der Waals surface area contributed by atoms with Gasteiger partial charge in [-0.2, -0.15) is 5.26 Å². The van der Waals surface area contributed by atoms with E-state index in [4.69, 9.17) is 0 Å². The summed E-state index contributed by atoms with van der Waals surface area (Å²) in [6, 6.07) is 12.1. The van der Waals surface area contributed by atoms with Crippen molar-refractivity contribution in [1.82, 2.24) is 4.98 Å². The third kappa shape index (κ3) is 3.37. The van der Waals surface area contributed by atoms with E-state index in [1.807, 2.05) is 24.3 Å². The lowest BCUT2D eigenvalue weighted by atomic mass is 9.88. The van der Waals surface area contributed by atoms with E-state index in [0.717, 1.165) is 29.7 Å². The van der Waals surface area contributed by atoms with Crippen molar-refractivity contribution in [1.29, 1.82) is 5.26 Å². The van der Waals surface area contributed by atoms with Gasteiger partial charge in [0.25, 0.3) is 5.56 Å². The molecular weight excluding hydrogens is 284 g/mol. The van der Waals surface area contributed by atoms with Gasteiger partial charge in [0, 0.05) is 0 Å². The number of hydrogen-bond donors (Lipinski definition) is 1. The van der Waals surface area contributed by atoms with Gasteiger partial charge in [-0.3, -0.25) is 4.79 Å². The molecule has 1 aliphatic carbocycles. The molecule has 1 aromatic heterocycles. The molecule has 0 aliphatic heterocycles. The topological polar surface area (TPSA) is 56.6 Å². The summed E-state index contributed by atoms with van der Waals surface area (Å²) in [5, 5.41) is 9.22. The van der Waals surface area contributed by atoms with E-state index in [9.17, 15) is 10.1 Å². The first-order valence-electron chi connectivity index (χ1n) is 8.43. The molecule has 0 spiro atoms. The number of benzene rings is 1. The zero-order valence-corrected chi connectivity index (χ0v) is 13.6. The molecule has 0 bridgehead atoms. The summed E-state index contributed by atoms with van der Waals surface area (Å²) in [5.41, 5.74) is 4.17. The van der Waals surface area contributed by atoms with Gasteiger partial charge in [0.2, 0.25) is 0 Å². The molecule has 0 saturated heterocycles. The average molecular weight is 306 g/mol. The minimum atomic E-state index is -0.291. The van der Waals surface area contributed by atoms with Crippen LogP contribution in [0.4, 0.5) is 0 Å². The summed E-state index contributed by atoms with van der Waals surface area (Å²) in [7, 11) is 0. The maximum Gasteiger partial charge on any atom is 0.266 e. The molecule has 3 nitrogen and oxygen atoms in total. The van der Waals surface area contributed by atoms with Crippen LogP contribution >= 0.6 is 0 Å². The third-order valence-corrected chi connectivity index (χ3v) is 4.83. The molecule has 1 saturated carbocycles. The molecule has 0 amide bonds. The largest absolute Gasteiger partial charge is 0.321 e. The molecule has 2 aromatic rings. The zero-order chi connectivity index (χ0) is 16.2. The van der Waals surface area contributed by atoms with Crippen molar-refractivity contribution < 1.29 is 0 Å². The Labute approximate surface area is 137 Å². The highest BCUT2D eigenvalue weighted by Gasteiger charge is 2.20. The van der Waals surface area contributed by atoms with E-state index in [2.05, 4.69) is 24.0 Å². The second kappa shape index (κ2) is 6.83. The Morgan fingerprint density at radius 1 is 1.09 bits per heavy atom. The first-order chi connectivity index (χ1) is 11.2. The number of nitriles is 1. The maximum absolute atomic E-state index is 12.1. The van der Waals surface area contributed by atoms with Crippen LogP contribution in [0.1, 0.15) is 61.1 Å². The standard InChI is InChI=1S/C20H22N2O/c1-14-8-10-16(11-9-14)19-18(12-17(13-21)20(23)22-19)15-6-4-2-3-5-7-15/h8-12,15H,2-7H2,1H3,(H,22,23). The fraction of sp³-hybridized carbons (Fsp3) is 0.400. The molecule has 1 aliphatic rings. The first-order valence-corrected chi connectivity index (χ1v) is 8.43. The first kappa shape index (κ1) is 15.6. The third-order valence-electron chi connectivity index (χ3n) is 4.83. The number of pyridine rings is 1. The molecule has 1 heterocycles. The van der Waals surface area contributed by atoms with Crippen LogP contribution in [0.2, 0.25) is 0 Å². The summed E-state index contributed by atoms with van der Waals surface area (Å²) < 4.78 is 0. The van der Waals surface area contributed by atoms with Gasteiger partial charge in [-0.05, 0) is 42.9 Å². The van der Waals surface area contributed by atoms with Crippen molar-refractivity contribution in [3.05, 3.63) is 57.4 Å². The Morgan fingerprint density at radius 3 is 2.35 bits per heavy atom. The summed E-state index contributed by atoms with van der Waals surface area (Å²) in [5.74, 6) is 0.428. The van der Waals surface area contributed by atoms with Crippen LogP contribution in [0.5, 0.6) is 0 Å². The Hall–Kier alpha value is -2.34. The fourth-order valence-corrected chi connectivity index (χ4v) is 3.50. The van der Waals surface area contributed by atoms with E-state index in [1.54, 1.807) is 0 Å². The van der Waals surface area contributed by atoms with Crippen molar-refractivity contribution in [2.75, 3.05) is 0 Å². The van der Waals surface area contributed by atoms with Crippen molar-refractivity contribution in [2.45, 2.75) is 51.4 Å². The van der Waals surface area contributed by atoms with Crippen LogP contribution in [-0.4, -0.2) is 4.98 Å². The Kier molecular flexibility index (Phi) is 4.62. The Morgan fingerprint density at radius 2 is 1.74 bits per heavy atom. The predicted molar refractivity (Wildman–Crippen MR) is 92.4 cm³/mol. The van der Waals surface area contributed by atoms with Gasteiger partial charge in [0.15, 0.2) is 0 Å². The predicted octanol–water partition coefficient (Wildman–Crippen LogP) is 4.66. The van der Waals surface area contributed by atoms with Crippen LogP contribution in [0.3, 0.4) is 0 Å². The van der Waals surface area contributed by atoms with E-state index in [-0.39, 0.29) is 11.1 Å². The average Bonchev–Trinajstić information content (AvgIpc) is 2.84. The lowest BCUT2D eigenvalue weighted by Gasteiger charge is -2.19. The monoisotopic (exact) mass is 306 g/mol. The molecular formula is C20H22N2O. The molecule has 0 unspecified atom stereocenters. The van der Waals surface area contributed by atoms with E-state index in [1.165, 1.54) is 31.2 Å². The lowest BCUT2D eigenvalue weighted by Crippen LogP contribution is -2.15. The summed E-state index contributed by atoms with van der Waals surface area (Å²) in [6.45, 7) is 2.05. The quantitative estimate of drug-likeness (QED) is 0.820. The van der Waals surface area contributed by atoms with E-state index in [0.29, 0.717) is 5.92 Å². The molecule has 118 valence electrons. The van der Waals surface area contributed by atoms with Gasteiger partial charge >= 0.3 is 0 Å². The van der Waals surface area contributed by atoms with Gasteiger partial charge in [-0.25, -0.2) is 0 Å². The van der Waals surface area contributed by atoms with Gasteiger partial charge in [-0.15, -0.1) is 0 Å². The normalized spacial score (nSPS) is 15.8. The molecule has 1 fully saturated rings. The fourth-order valence-electron chi connectivity index (χ4n) is 3.50. The van der Waals surface area contributed by atoms with Gasteiger partial charge in [0.1, 0.15) is 11.6 Å². The molecule has 3 rings (SSSR count). The highest BCUT2D eigenvalue weighted by atomic mass is 16.1. The smallest absolute Gasteiger partial charge is 0.266 e.